The zero-order valence-electron chi connectivity index (χ0n) is 11.2. The van der Waals surface area contributed by atoms with Gasteiger partial charge in [0.2, 0.25) is 0 Å². The van der Waals surface area contributed by atoms with E-state index >= 15 is 0 Å². The Kier molecular flexibility index (Phi) is 6.22. The summed E-state index contributed by atoms with van der Waals surface area (Å²) in [5.41, 5.74) is 1.20. The van der Waals surface area contributed by atoms with E-state index < -0.39 is 0 Å². The van der Waals surface area contributed by atoms with Crippen molar-refractivity contribution in [3.8, 4) is 5.75 Å². The fraction of sp³-hybridized carbons (Fsp3) is 0.500. The Morgan fingerprint density at radius 3 is 2.83 bits per heavy atom. The summed E-state index contributed by atoms with van der Waals surface area (Å²) in [6.45, 7) is 5.29. The number of ether oxygens (including phenoxy) is 2. The Labute approximate surface area is 108 Å². The minimum Gasteiger partial charge on any atom is -0.484 e. The maximum Gasteiger partial charge on any atom is 0.258 e. The summed E-state index contributed by atoms with van der Waals surface area (Å²) < 4.78 is 10.3. The molecule has 0 fully saturated rings. The molecule has 1 rings (SSSR count). The molecule has 18 heavy (non-hydrogen) atoms. The van der Waals surface area contributed by atoms with Crippen molar-refractivity contribution in [1.82, 2.24) is 5.32 Å². The third kappa shape index (κ3) is 5.19. The van der Waals surface area contributed by atoms with Crippen LogP contribution in [0, 0.1) is 0 Å². The molecule has 1 amide bonds. The van der Waals surface area contributed by atoms with Gasteiger partial charge in [0.05, 0.1) is 6.61 Å². The van der Waals surface area contributed by atoms with Crippen LogP contribution in [0.4, 0.5) is 0 Å². The van der Waals surface area contributed by atoms with Gasteiger partial charge >= 0.3 is 0 Å². The van der Waals surface area contributed by atoms with Crippen LogP contribution >= 0.6 is 0 Å². The highest BCUT2D eigenvalue weighted by atomic mass is 16.5. The van der Waals surface area contributed by atoms with E-state index in [1.54, 1.807) is 7.11 Å². The standard InChI is InChI=1S/C14H21NO3/c1-11(2)12-5-4-6-13(9-12)18-10-14(16)15-7-8-17-3/h4-6,9,11H,7-8,10H2,1-3H3,(H,15,16). The van der Waals surface area contributed by atoms with E-state index in [4.69, 9.17) is 9.47 Å². The summed E-state index contributed by atoms with van der Waals surface area (Å²) in [5.74, 6) is 1.04. The van der Waals surface area contributed by atoms with E-state index in [-0.39, 0.29) is 12.5 Å². The van der Waals surface area contributed by atoms with Gasteiger partial charge in [-0.1, -0.05) is 26.0 Å². The molecule has 1 N–H and O–H groups in total. The number of amides is 1. The number of nitrogens with one attached hydrogen (secondary N) is 1. The first-order valence-corrected chi connectivity index (χ1v) is 6.12. The average Bonchev–Trinajstić information content (AvgIpc) is 2.37. The van der Waals surface area contributed by atoms with Crippen LogP contribution in [0.5, 0.6) is 5.75 Å². The maximum absolute atomic E-state index is 11.4. The summed E-state index contributed by atoms with van der Waals surface area (Å²) in [5, 5.41) is 2.70. The van der Waals surface area contributed by atoms with Gasteiger partial charge in [0, 0.05) is 13.7 Å². The van der Waals surface area contributed by atoms with Gasteiger partial charge in [-0.15, -0.1) is 0 Å². The Morgan fingerprint density at radius 2 is 2.17 bits per heavy atom. The molecular formula is C14H21NO3. The molecule has 1 aromatic rings. The fourth-order valence-electron chi connectivity index (χ4n) is 1.46. The van der Waals surface area contributed by atoms with E-state index in [1.807, 2.05) is 18.2 Å². The molecule has 0 saturated carbocycles. The fourth-order valence-corrected chi connectivity index (χ4v) is 1.46. The van der Waals surface area contributed by atoms with Gasteiger partial charge < -0.3 is 14.8 Å². The molecule has 0 heterocycles. The Hall–Kier alpha value is -1.55. The monoisotopic (exact) mass is 251 g/mol. The lowest BCUT2D eigenvalue weighted by molar-refractivity contribution is -0.123. The largest absolute Gasteiger partial charge is 0.484 e. The zero-order valence-corrected chi connectivity index (χ0v) is 11.2. The molecule has 0 unspecified atom stereocenters. The molecule has 0 bridgehead atoms. The van der Waals surface area contributed by atoms with Gasteiger partial charge in [0.25, 0.3) is 5.91 Å². The lowest BCUT2D eigenvalue weighted by Crippen LogP contribution is -2.31. The summed E-state index contributed by atoms with van der Waals surface area (Å²) in [4.78, 5) is 11.4. The van der Waals surface area contributed by atoms with Crippen LogP contribution in [-0.4, -0.2) is 32.8 Å². The van der Waals surface area contributed by atoms with Crippen LogP contribution in [0.15, 0.2) is 24.3 Å². The number of methoxy groups -OCH3 is 1. The topological polar surface area (TPSA) is 47.6 Å². The third-order valence-corrected chi connectivity index (χ3v) is 2.52. The molecular weight excluding hydrogens is 230 g/mol. The SMILES string of the molecule is COCCNC(=O)COc1cccc(C(C)C)c1. The highest BCUT2D eigenvalue weighted by Gasteiger charge is 2.04. The second-order valence-electron chi connectivity index (χ2n) is 4.36. The number of benzene rings is 1. The minimum atomic E-state index is -0.137. The van der Waals surface area contributed by atoms with Crippen molar-refractivity contribution in [1.29, 1.82) is 0 Å². The van der Waals surface area contributed by atoms with Gasteiger partial charge in [-0.2, -0.15) is 0 Å². The molecule has 0 aliphatic heterocycles. The van der Waals surface area contributed by atoms with Crippen molar-refractivity contribution in [3.63, 3.8) is 0 Å². The third-order valence-electron chi connectivity index (χ3n) is 2.52. The Bertz CT molecular complexity index is 377. The molecule has 0 aliphatic rings. The smallest absolute Gasteiger partial charge is 0.258 e. The van der Waals surface area contributed by atoms with E-state index in [9.17, 15) is 4.79 Å². The average molecular weight is 251 g/mol. The van der Waals surface area contributed by atoms with Crippen LogP contribution in [0.1, 0.15) is 25.3 Å². The molecule has 0 radical (unpaired) electrons. The van der Waals surface area contributed by atoms with Crippen molar-refractivity contribution in [3.05, 3.63) is 29.8 Å². The number of hydrogen-bond donors (Lipinski definition) is 1. The summed E-state index contributed by atoms with van der Waals surface area (Å²) in [7, 11) is 1.60. The predicted octanol–water partition coefficient (Wildman–Crippen LogP) is 1.95. The molecule has 1 aromatic carbocycles. The lowest BCUT2D eigenvalue weighted by Gasteiger charge is -2.10. The predicted molar refractivity (Wildman–Crippen MR) is 70.9 cm³/mol. The van der Waals surface area contributed by atoms with E-state index in [0.29, 0.717) is 19.1 Å². The normalized spacial score (nSPS) is 10.4. The van der Waals surface area contributed by atoms with Crippen LogP contribution in [0.25, 0.3) is 0 Å². The summed E-state index contributed by atoms with van der Waals surface area (Å²) >= 11 is 0. The van der Waals surface area contributed by atoms with Gasteiger partial charge in [0.15, 0.2) is 6.61 Å². The molecule has 0 spiro atoms. The minimum absolute atomic E-state index is 0.0330. The van der Waals surface area contributed by atoms with Gasteiger partial charge in [0.1, 0.15) is 5.75 Å². The maximum atomic E-state index is 11.4. The van der Waals surface area contributed by atoms with Crippen LogP contribution in [0.3, 0.4) is 0 Å². The van der Waals surface area contributed by atoms with E-state index in [1.165, 1.54) is 5.56 Å². The van der Waals surface area contributed by atoms with Crippen molar-refractivity contribution < 1.29 is 14.3 Å². The van der Waals surface area contributed by atoms with Crippen LogP contribution in [0.2, 0.25) is 0 Å². The lowest BCUT2D eigenvalue weighted by atomic mass is 10.0. The van der Waals surface area contributed by atoms with Crippen molar-refractivity contribution >= 4 is 5.91 Å². The summed E-state index contributed by atoms with van der Waals surface area (Å²) in [6, 6.07) is 7.81. The van der Waals surface area contributed by atoms with E-state index in [2.05, 4.69) is 25.2 Å². The van der Waals surface area contributed by atoms with Crippen molar-refractivity contribution in [2.24, 2.45) is 0 Å². The number of rotatable bonds is 7. The molecule has 0 saturated heterocycles. The Morgan fingerprint density at radius 1 is 1.39 bits per heavy atom. The second-order valence-corrected chi connectivity index (χ2v) is 4.36. The molecule has 0 atom stereocenters. The number of hydrogen-bond acceptors (Lipinski definition) is 3. The van der Waals surface area contributed by atoms with E-state index in [0.717, 1.165) is 5.75 Å². The first kappa shape index (κ1) is 14.5. The van der Waals surface area contributed by atoms with Crippen LogP contribution < -0.4 is 10.1 Å². The quantitative estimate of drug-likeness (QED) is 0.753. The number of carbonyl (C=O) groups is 1. The molecule has 4 heteroatoms. The highest BCUT2D eigenvalue weighted by Crippen LogP contribution is 2.19. The zero-order chi connectivity index (χ0) is 13.4. The van der Waals surface area contributed by atoms with Crippen molar-refractivity contribution in [2.45, 2.75) is 19.8 Å². The molecule has 100 valence electrons. The Balaban J connectivity index is 2.38. The molecule has 0 aliphatic carbocycles. The van der Waals surface area contributed by atoms with Gasteiger partial charge in [-0.3, -0.25) is 4.79 Å². The first-order chi connectivity index (χ1) is 8.63. The first-order valence-electron chi connectivity index (χ1n) is 6.12. The van der Waals surface area contributed by atoms with Crippen molar-refractivity contribution in [2.75, 3.05) is 26.9 Å². The highest BCUT2D eigenvalue weighted by molar-refractivity contribution is 5.77. The van der Waals surface area contributed by atoms with Crippen LogP contribution in [-0.2, 0) is 9.53 Å². The van der Waals surface area contributed by atoms with Gasteiger partial charge in [-0.05, 0) is 23.6 Å². The number of carbonyl (C=O) groups excluding carboxylic acids is 1. The second kappa shape index (κ2) is 7.71. The molecule has 4 nitrogen and oxygen atoms in total. The summed E-state index contributed by atoms with van der Waals surface area (Å²) in [6.07, 6.45) is 0. The van der Waals surface area contributed by atoms with Gasteiger partial charge in [-0.25, -0.2) is 0 Å². The molecule has 0 aromatic heterocycles.